The van der Waals surface area contributed by atoms with Crippen molar-refractivity contribution in [2.45, 2.75) is 36.5 Å². The van der Waals surface area contributed by atoms with Crippen LogP contribution in [0.4, 0.5) is 0 Å². The van der Waals surface area contributed by atoms with Crippen molar-refractivity contribution in [2.24, 2.45) is 0 Å². The average Bonchev–Trinajstić information content (AvgIpc) is 2.43. The Morgan fingerprint density at radius 3 is 2.05 bits per heavy atom. The van der Waals surface area contributed by atoms with Gasteiger partial charge in [-0.1, -0.05) is 49.2 Å². The largest absolute Gasteiger partial charge is 0.143 e. The molecule has 0 saturated carbocycles. The number of halogens is 2. The first kappa shape index (κ1) is 17.8. The van der Waals surface area contributed by atoms with E-state index in [-0.39, 0.29) is 0 Å². The SMILES string of the molecule is CCc1ccc(Cl)c(S)c1.CCc1ccc(Cl)cc1S. The minimum atomic E-state index is 0.723. The van der Waals surface area contributed by atoms with Crippen LogP contribution in [0.3, 0.4) is 0 Å². The fourth-order valence-corrected chi connectivity index (χ4v) is 2.59. The molecule has 108 valence electrons. The Morgan fingerprint density at radius 1 is 0.850 bits per heavy atom. The average molecular weight is 345 g/mol. The van der Waals surface area contributed by atoms with Gasteiger partial charge in [-0.05, 0) is 48.2 Å². The van der Waals surface area contributed by atoms with Crippen molar-refractivity contribution in [2.75, 3.05) is 0 Å². The second-order valence-electron chi connectivity index (χ2n) is 4.27. The fraction of sp³-hybridized carbons (Fsp3) is 0.250. The van der Waals surface area contributed by atoms with Crippen molar-refractivity contribution >= 4 is 48.5 Å². The van der Waals surface area contributed by atoms with Crippen LogP contribution in [0, 0.1) is 0 Å². The molecule has 0 N–H and O–H groups in total. The van der Waals surface area contributed by atoms with Gasteiger partial charge in [0.1, 0.15) is 0 Å². The summed E-state index contributed by atoms with van der Waals surface area (Å²) in [6, 6.07) is 11.6. The summed E-state index contributed by atoms with van der Waals surface area (Å²) in [5.74, 6) is 0. The molecule has 0 nitrogen and oxygen atoms in total. The molecule has 0 fully saturated rings. The summed E-state index contributed by atoms with van der Waals surface area (Å²) < 4.78 is 0. The third-order valence-electron chi connectivity index (χ3n) is 2.85. The molecule has 0 spiro atoms. The lowest BCUT2D eigenvalue weighted by atomic mass is 10.2. The topological polar surface area (TPSA) is 0 Å². The minimum absolute atomic E-state index is 0.723. The molecular weight excluding hydrogens is 327 g/mol. The smallest absolute Gasteiger partial charge is 0.0539 e. The lowest BCUT2D eigenvalue weighted by molar-refractivity contribution is 1.09. The van der Waals surface area contributed by atoms with Gasteiger partial charge < -0.3 is 0 Å². The third kappa shape index (κ3) is 5.61. The highest BCUT2D eigenvalue weighted by molar-refractivity contribution is 7.80. The monoisotopic (exact) mass is 344 g/mol. The molecule has 0 atom stereocenters. The quantitative estimate of drug-likeness (QED) is 0.580. The molecule has 0 aromatic heterocycles. The van der Waals surface area contributed by atoms with Crippen molar-refractivity contribution in [3.05, 3.63) is 57.6 Å². The molecular formula is C16H18Cl2S2. The first-order chi connectivity index (χ1) is 9.47. The third-order valence-corrected chi connectivity index (χ3v) is 4.33. The van der Waals surface area contributed by atoms with E-state index < -0.39 is 0 Å². The van der Waals surface area contributed by atoms with Crippen molar-refractivity contribution in [3.63, 3.8) is 0 Å². The van der Waals surface area contributed by atoms with Crippen LogP contribution in [0.5, 0.6) is 0 Å². The van der Waals surface area contributed by atoms with Crippen molar-refractivity contribution in [1.29, 1.82) is 0 Å². The second-order valence-corrected chi connectivity index (χ2v) is 6.07. The van der Waals surface area contributed by atoms with Gasteiger partial charge in [-0.15, -0.1) is 25.3 Å². The van der Waals surface area contributed by atoms with Crippen LogP contribution in [0.25, 0.3) is 0 Å². The Balaban J connectivity index is 0.000000200. The number of hydrogen-bond acceptors (Lipinski definition) is 2. The van der Waals surface area contributed by atoms with Gasteiger partial charge in [-0.25, -0.2) is 0 Å². The Hall–Kier alpha value is -0.280. The Bertz CT molecular complexity index is 568. The van der Waals surface area contributed by atoms with E-state index in [1.54, 1.807) is 0 Å². The van der Waals surface area contributed by atoms with Crippen LogP contribution in [0.2, 0.25) is 10.0 Å². The standard InChI is InChI=1S/2C8H9ClS/c1-2-6-3-4-7(9)5-8(6)10;1-2-6-3-4-7(9)8(10)5-6/h2*3-5,10H,2H2,1H3. The molecule has 0 heterocycles. The number of benzene rings is 2. The molecule has 2 rings (SSSR count). The molecule has 2 aromatic rings. The van der Waals surface area contributed by atoms with Gasteiger partial charge in [0.15, 0.2) is 0 Å². The molecule has 0 aliphatic heterocycles. The maximum absolute atomic E-state index is 5.76. The van der Waals surface area contributed by atoms with Gasteiger partial charge in [-0.3, -0.25) is 0 Å². The lowest BCUT2D eigenvalue weighted by Crippen LogP contribution is -1.80. The molecule has 2 aromatic carbocycles. The van der Waals surface area contributed by atoms with Gasteiger partial charge in [0, 0.05) is 14.8 Å². The van der Waals surface area contributed by atoms with Crippen LogP contribution in [0.15, 0.2) is 46.2 Å². The lowest BCUT2D eigenvalue weighted by Gasteiger charge is -2.00. The number of rotatable bonds is 2. The Labute approximate surface area is 142 Å². The molecule has 0 amide bonds. The molecule has 0 bridgehead atoms. The van der Waals surface area contributed by atoms with E-state index in [4.69, 9.17) is 23.2 Å². The van der Waals surface area contributed by atoms with E-state index >= 15 is 0 Å². The zero-order valence-corrected chi connectivity index (χ0v) is 14.8. The van der Waals surface area contributed by atoms with Crippen molar-refractivity contribution in [3.8, 4) is 0 Å². The molecule has 0 aliphatic carbocycles. The Kier molecular flexibility index (Phi) is 7.90. The summed E-state index contributed by atoms with van der Waals surface area (Å²) in [5, 5.41) is 1.47. The summed E-state index contributed by atoms with van der Waals surface area (Å²) in [5.41, 5.74) is 2.52. The Morgan fingerprint density at radius 2 is 1.55 bits per heavy atom. The van der Waals surface area contributed by atoms with Crippen LogP contribution in [0.1, 0.15) is 25.0 Å². The normalized spacial score (nSPS) is 9.90. The predicted molar refractivity (Wildman–Crippen MR) is 96.2 cm³/mol. The molecule has 4 heteroatoms. The van der Waals surface area contributed by atoms with Crippen molar-refractivity contribution < 1.29 is 0 Å². The molecule has 20 heavy (non-hydrogen) atoms. The summed E-state index contributed by atoms with van der Waals surface area (Å²) >= 11 is 19.9. The molecule has 0 unspecified atom stereocenters. The van der Waals surface area contributed by atoms with E-state index in [0.29, 0.717) is 0 Å². The van der Waals surface area contributed by atoms with E-state index in [9.17, 15) is 0 Å². The van der Waals surface area contributed by atoms with E-state index in [0.717, 1.165) is 32.7 Å². The molecule has 0 saturated heterocycles. The van der Waals surface area contributed by atoms with Gasteiger partial charge in [0.05, 0.1) is 5.02 Å². The highest BCUT2D eigenvalue weighted by Gasteiger charge is 1.96. The van der Waals surface area contributed by atoms with Gasteiger partial charge in [0.25, 0.3) is 0 Å². The number of thiol groups is 2. The number of hydrogen-bond donors (Lipinski definition) is 2. The van der Waals surface area contributed by atoms with Gasteiger partial charge in [-0.2, -0.15) is 0 Å². The van der Waals surface area contributed by atoms with Crippen LogP contribution < -0.4 is 0 Å². The van der Waals surface area contributed by atoms with Gasteiger partial charge in [0.2, 0.25) is 0 Å². The highest BCUT2D eigenvalue weighted by atomic mass is 35.5. The second kappa shape index (κ2) is 8.89. The molecule has 0 radical (unpaired) electrons. The predicted octanol–water partition coefficient (Wildman–Crippen LogP) is 6.38. The fourth-order valence-electron chi connectivity index (χ4n) is 1.61. The minimum Gasteiger partial charge on any atom is -0.143 e. The van der Waals surface area contributed by atoms with Crippen LogP contribution in [-0.2, 0) is 12.8 Å². The van der Waals surface area contributed by atoms with Crippen LogP contribution in [-0.4, -0.2) is 0 Å². The first-order valence-electron chi connectivity index (χ1n) is 6.42. The number of aryl methyl sites for hydroxylation is 2. The molecule has 0 aliphatic rings. The summed E-state index contributed by atoms with van der Waals surface area (Å²) in [7, 11) is 0. The summed E-state index contributed by atoms with van der Waals surface area (Å²) in [4.78, 5) is 1.84. The van der Waals surface area contributed by atoms with Crippen LogP contribution >= 0.6 is 48.5 Å². The highest BCUT2D eigenvalue weighted by Crippen LogP contribution is 2.21. The van der Waals surface area contributed by atoms with E-state index in [2.05, 4.69) is 39.1 Å². The summed E-state index contributed by atoms with van der Waals surface area (Å²) in [6.07, 6.45) is 2.04. The van der Waals surface area contributed by atoms with Gasteiger partial charge >= 0.3 is 0 Å². The maximum Gasteiger partial charge on any atom is 0.0539 e. The van der Waals surface area contributed by atoms with Crippen molar-refractivity contribution in [1.82, 2.24) is 0 Å². The summed E-state index contributed by atoms with van der Waals surface area (Å²) in [6.45, 7) is 4.21. The van der Waals surface area contributed by atoms with E-state index in [1.165, 1.54) is 11.1 Å². The maximum atomic E-state index is 5.76. The van der Waals surface area contributed by atoms with E-state index in [1.807, 2.05) is 36.4 Å². The zero-order valence-electron chi connectivity index (χ0n) is 11.5. The first-order valence-corrected chi connectivity index (χ1v) is 8.07. The zero-order chi connectivity index (χ0) is 15.1.